The van der Waals surface area contributed by atoms with Crippen LogP contribution in [-0.4, -0.2) is 30.0 Å². The third-order valence-corrected chi connectivity index (χ3v) is 3.53. The fourth-order valence-corrected chi connectivity index (χ4v) is 2.22. The predicted molar refractivity (Wildman–Crippen MR) is 81.7 cm³/mol. The minimum atomic E-state index is 0.150. The van der Waals surface area contributed by atoms with E-state index in [9.17, 15) is 0 Å². The van der Waals surface area contributed by atoms with Gasteiger partial charge in [-0.05, 0) is 32.4 Å². The highest BCUT2D eigenvalue weighted by molar-refractivity contribution is 9.09. The minimum Gasteiger partial charge on any atom is -0.380 e. The molecule has 1 heterocycles. The predicted octanol–water partition coefficient (Wildman–Crippen LogP) is 3.25. The standard InChI is InChI=1S/C15H18BrN3O/c1-12-8-14(15(10-17)11-18)9-13(2)19(12)5-7-20-6-3-4-16/h8-9H,3-7H2,1-2H3. The van der Waals surface area contributed by atoms with Gasteiger partial charge >= 0.3 is 0 Å². The number of halogens is 1. The zero-order valence-electron chi connectivity index (χ0n) is 11.8. The molecule has 0 spiro atoms. The van der Waals surface area contributed by atoms with E-state index in [2.05, 4.69) is 20.8 Å². The Hall–Kier alpha value is -1.56. The fraction of sp³-hybridized carbons (Fsp3) is 0.467. The quantitative estimate of drug-likeness (QED) is 0.424. The lowest BCUT2D eigenvalue weighted by molar-refractivity contribution is 0.121. The Labute approximate surface area is 128 Å². The molecule has 0 aromatic carbocycles. The zero-order valence-corrected chi connectivity index (χ0v) is 13.4. The van der Waals surface area contributed by atoms with Gasteiger partial charge in [-0.3, -0.25) is 0 Å². The molecule has 0 saturated carbocycles. The molecule has 0 radical (unpaired) electrons. The van der Waals surface area contributed by atoms with Crippen molar-refractivity contribution in [3.63, 3.8) is 0 Å². The number of ether oxygens (including phenoxy) is 1. The summed E-state index contributed by atoms with van der Waals surface area (Å²) in [5, 5.41) is 18.8. The van der Waals surface area contributed by atoms with Crippen molar-refractivity contribution in [2.24, 2.45) is 0 Å². The molecule has 0 bridgehead atoms. The maximum absolute atomic E-state index is 8.91. The van der Waals surface area contributed by atoms with Crippen molar-refractivity contribution in [1.82, 2.24) is 4.90 Å². The average molecular weight is 336 g/mol. The maximum Gasteiger partial charge on any atom is 0.137 e. The minimum absolute atomic E-state index is 0.150. The van der Waals surface area contributed by atoms with Crippen LogP contribution < -0.4 is 0 Å². The van der Waals surface area contributed by atoms with Crippen LogP contribution in [-0.2, 0) is 4.74 Å². The molecule has 0 amide bonds. The van der Waals surface area contributed by atoms with Crippen molar-refractivity contribution < 1.29 is 4.74 Å². The van der Waals surface area contributed by atoms with Gasteiger partial charge in [0.2, 0.25) is 0 Å². The number of alkyl halides is 1. The topological polar surface area (TPSA) is 60.0 Å². The smallest absolute Gasteiger partial charge is 0.137 e. The van der Waals surface area contributed by atoms with Gasteiger partial charge in [0.1, 0.15) is 17.7 Å². The van der Waals surface area contributed by atoms with Crippen LogP contribution in [0.3, 0.4) is 0 Å². The summed E-state index contributed by atoms with van der Waals surface area (Å²) in [6.07, 6.45) is 4.74. The monoisotopic (exact) mass is 335 g/mol. The third kappa shape index (κ3) is 4.52. The first-order valence-electron chi connectivity index (χ1n) is 6.46. The molecule has 1 rings (SSSR count). The molecule has 5 heteroatoms. The van der Waals surface area contributed by atoms with Crippen LogP contribution in [0.25, 0.3) is 0 Å². The van der Waals surface area contributed by atoms with E-state index in [4.69, 9.17) is 15.3 Å². The van der Waals surface area contributed by atoms with Gasteiger partial charge in [-0.2, -0.15) is 10.5 Å². The number of allylic oxidation sites excluding steroid dienone is 6. The van der Waals surface area contributed by atoms with Crippen LogP contribution in [0, 0.1) is 22.7 Å². The van der Waals surface area contributed by atoms with E-state index in [1.165, 1.54) is 0 Å². The van der Waals surface area contributed by atoms with Crippen molar-refractivity contribution in [2.45, 2.75) is 20.3 Å². The molecule has 0 N–H and O–H groups in total. The average Bonchev–Trinajstić information content (AvgIpc) is 2.42. The van der Waals surface area contributed by atoms with Crippen LogP contribution in [0.15, 0.2) is 34.7 Å². The van der Waals surface area contributed by atoms with Crippen molar-refractivity contribution in [3.8, 4) is 12.1 Å². The number of nitrogens with zero attached hydrogens (tertiary/aromatic N) is 3. The summed E-state index contributed by atoms with van der Waals surface area (Å²) in [5.41, 5.74) is 2.87. The molecule has 0 aromatic rings. The van der Waals surface area contributed by atoms with Gasteiger partial charge in [-0.1, -0.05) is 15.9 Å². The first-order valence-corrected chi connectivity index (χ1v) is 7.58. The van der Waals surface area contributed by atoms with E-state index in [0.29, 0.717) is 12.2 Å². The number of rotatable bonds is 6. The Kier molecular flexibility index (Phi) is 7.08. The Morgan fingerprint density at radius 3 is 2.30 bits per heavy atom. The molecule has 0 atom stereocenters. The van der Waals surface area contributed by atoms with E-state index >= 15 is 0 Å². The summed E-state index contributed by atoms with van der Waals surface area (Å²) in [4.78, 5) is 2.13. The van der Waals surface area contributed by atoms with Crippen molar-refractivity contribution >= 4 is 15.9 Å². The molecule has 1 aliphatic rings. The van der Waals surface area contributed by atoms with Crippen molar-refractivity contribution in [1.29, 1.82) is 10.5 Å². The fourth-order valence-electron chi connectivity index (χ4n) is 1.99. The summed E-state index contributed by atoms with van der Waals surface area (Å²) in [5.74, 6) is 0. The molecule has 4 nitrogen and oxygen atoms in total. The highest BCUT2D eigenvalue weighted by atomic mass is 79.9. The maximum atomic E-state index is 8.91. The summed E-state index contributed by atoms with van der Waals surface area (Å²) < 4.78 is 5.55. The highest BCUT2D eigenvalue weighted by Gasteiger charge is 2.15. The van der Waals surface area contributed by atoms with E-state index < -0.39 is 0 Å². The van der Waals surface area contributed by atoms with Crippen molar-refractivity contribution in [3.05, 3.63) is 34.7 Å². The van der Waals surface area contributed by atoms with Gasteiger partial charge in [0.05, 0.1) is 6.61 Å². The van der Waals surface area contributed by atoms with Crippen LogP contribution in [0.2, 0.25) is 0 Å². The first-order chi connectivity index (χ1) is 9.63. The molecule has 0 aliphatic carbocycles. The van der Waals surface area contributed by atoms with Gasteiger partial charge in [-0.15, -0.1) is 0 Å². The Balaban J connectivity index is 2.69. The summed E-state index contributed by atoms with van der Waals surface area (Å²) in [6.45, 7) is 6.13. The second-order valence-electron chi connectivity index (χ2n) is 4.43. The normalized spacial score (nSPS) is 14.2. The SMILES string of the molecule is CC1=CC(=C(C#N)C#N)C=C(C)N1CCOCCCBr. The largest absolute Gasteiger partial charge is 0.380 e. The number of hydrogen-bond donors (Lipinski definition) is 0. The molecule has 0 fully saturated rings. The zero-order chi connectivity index (χ0) is 15.0. The van der Waals surface area contributed by atoms with E-state index in [-0.39, 0.29) is 5.57 Å². The summed E-state index contributed by atoms with van der Waals surface area (Å²) in [6, 6.07) is 3.85. The molecule has 20 heavy (non-hydrogen) atoms. The lowest BCUT2D eigenvalue weighted by Crippen LogP contribution is -2.26. The third-order valence-electron chi connectivity index (χ3n) is 2.97. The Bertz CT molecular complexity index is 482. The lowest BCUT2D eigenvalue weighted by atomic mass is 10.0. The number of nitriles is 2. The molecule has 0 saturated heterocycles. The Morgan fingerprint density at radius 2 is 1.80 bits per heavy atom. The van der Waals surface area contributed by atoms with Crippen LogP contribution in [0.4, 0.5) is 0 Å². The molecule has 0 aromatic heterocycles. The lowest BCUT2D eigenvalue weighted by Gasteiger charge is -2.29. The van der Waals surface area contributed by atoms with Crippen LogP contribution >= 0.6 is 15.9 Å². The molecule has 0 unspecified atom stereocenters. The van der Waals surface area contributed by atoms with Gasteiger partial charge in [0.25, 0.3) is 0 Å². The van der Waals surface area contributed by atoms with E-state index in [0.717, 1.165) is 36.3 Å². The molecule has 106 valence electrons. The van der Waals surface area contributed by atoms with Gasteiger partial charge in [0, 0.05) is 35.4 Å². The summed E-state index contributed by atoms with van der Waals surface area (Å²) in [7, 11) is 0. The van der Waals surface area contributed by atoms with Gasteiger partial charge in [0.15, 0.2) is 0 Å². The molecular weight excluding hydrogens is 318 g/mol. The van der Waals surface area contributed by atoms with E-state index in [1.807, 2.05) is 38.1 Å². The van der Waals surface area contributed by atoms with Gasteiger partial charge in [-0.25, -0.2) is 0 Å². The first kappa shape index (κ1) is 16.5. The molecular formula is C15H18BrN3O. The highest BCUT2D eigenvalue weighted by Crippen LogP contribution is 2.24. The second kappa shape index (κ2) is 8.58. The second-order valence-corrected chi connectivity index (χ2v) is 5.22. The summed E-state index contributed by atoms with van der Waals surface area (Å²) >= 11 is 3.36. The van der Waals surface area contributed by atoms with Crippen LogP contribution in [0.5, 0.6) is 0 Å². The Morgan fingerprint density at radius 1 is 1.20 bits per heavy atom. The van der Waals surface area contributed by atoms with Crippen molar-refractivity contribution in [2.75, 3.05) is 25.1 Å². The number of hydrogen-bond acceptors (Lipinski definition) is 4. The van der Waals surface area contributed by atoms with Gasteiger partial charge < -0.3 is 9.64 Å². The van der Waals surface area contributed by atoms with E-state index in [1.54, 1.807) is 0 Å². The molecule has 1 aliphatic heterocycles. The van der Waals surface area contributed by atoms with Crippen LogP contribution in [0.1, 0.15) is 20.3 Å².